The molecule has 7 nitrogen and oxygen atoms in total. The molecule has 25 heavy (non-hydrogen) atoms. The summed E-state index contributed by atoms with van der Waals surface area (Å²) in [5.74, 6) is 0.921. The van der Waals surface area contributed by atoms with Gasteiger partial charge in [-0.3, -0.25) is 10.1 Å². The molecule has 2 saturated heterocycles. The average Bonchev–Trinajstić information content (AvgIpc) is 3.17. The normalized spacial score (nSPS) is 21.4. The summed E-state index contributed by atoms with van der Waals surface area (Å²) in [6, 6.07) is 6.61. The van der Waals surface area contributed by atoms with Gasteiger partial charge in [-0.1, -0.05) is 12.1 Å². The van der Waals surface area contributed by atoms with E-state index < -0.39 is 0 Å². The van der Waals surface area contributed by atoms with Gasteiger partial charge in [0, 0.05) is 38.4 Å². The Morgan fingerprint density at radius 3 is 2.64 bits per heavy atom. The van der Waals surface area contributed by atoms with Crippen LogP contribution in [0.15, 0.2) is 29.3 Å². The lowest BCUT2D eigenvalue weighted by atomic mass is 10.1. The number of nitro groups is 1. The number of rotatable bonds is 5. The van der Waals surface area contributed by atoms with Gasteiger partial charge in [-0.05, 0) is 37.7 Å². The van der Waals surface area contributed by atoms with Crippen LogP contribution in [-0.4, -0.2) is 48.1 Å². The Kier molecular flexibility index (Phi) is 6.22. The Morgan fingerprint density at radius 2 is 2.00 bits per heavy atom. The van der Waals surface area contributed by atoms with E-state index in [-0.39, 0.29) is 16.7 Å². The molecule has 136 valence electrons. The molecule has 1 aromatic carbocycles. The number of likely N-dealkylation sites (tertiary alicyclic amines) is 1. The summed E-state index contributed by atoms with van der Waals surface area (Å²) in [6.07, 6.45) is 6.13. The van der Waals surface area contributed by atoms with E-state index in [1.165, 1.54) is 31.4 Å². The number of benzene rings is 1. The molecule has 2 fully saturated rings. The van der Waals surface area contributed by atoms with E-state index in [2.05, 4.69) is 10.2 Å². The number of nitrogens with one attached hydrogen (secondary N) is 1. The molecule has 0 radical (unpaired) electrons. The first-order chi connectivity index (χ1) is 12.2. The summed E-state index contributed by atoms with van der Waals surface area (Å²) in [7, 11) is 0. The molecule has 0 bridgehead atoms. The molecular formula is C18H26N4O3. The molecule has 0 spiro atoms. The average molecular weight is 346 g/mol. The molecule has 1 N–H and O–H groups in total. The SMILES string of the molecule is O=[N+]([O-])c1ccc(CN=C(NCC2CCCCO2)N2CCCC2)cc1. The smallest absolute Gasteiger partial charge is 0.269 e. The van der Waals surface area contributed by atoms with Crippen LogP contribution in [0.25, 0.3) is 0 Å². The molecule has 0 amide bonds. The molecule has 1 aromatic rings. The number of ether oxygens (including phenoxy) is 1. The number of hydrogen-bond donors (Lipinski definition) is 1. The van der Waals surface area contributed by atoms with Crippen LogP contribution >= 0.6 is 0 Å². The van der Waals surface area contributed by atoms with Crippen LogP contribution in [0.1, 0.15) is 37.7 Å². The predicted molar refractivity (Wildman–Crippen MR) is 96.6 cm³/mol. The van der Waals surface area contributed by atoms with Gasteiger partial charge in [0.05, 0.1) is 17.6 Å². The number of hydrogen-bond acceptors (Lipinski definition) is 4. The topological polar surface area (TPSA) is 80.0 Å². The first-order valence-electron chi connectivity index (χ1n) is 9.10. The van der Waals surface area contributed by atoms with Crippen LogP contribution in [-0.2, 0) is 11.3 Å². The summed E-state index contributed by atoms with van der Waals surface area (Å²) in [6.45, 7) is 4.21. The predicted octanol–water partition coefficient (Wildman–Crippen LogP) is 2.71. The second kappa shape index (κ2) is 8.80. The first kappa shape index (κ1) is 17.7. The Bertz CT molecular complexity index is 591. The molecule has 2 heterocycles. The maximum absolute atomic E-state index is 10.7. The summed E-state index contributed by atoms with van der Waals surface area (Å²) in [4.78, 5) is 17.4. The number of aliphatic imine (C=N–C) groups is 1. The maximum atomic E-state index is 10.7. The molecular weight excluding hydrogens is 320 g/mol. The Morgan fingerprint density at radius 1 is 1.24 bits per heavy atom. The second-order valence-corrected chi connectivity index (χ2v) is 6.63. The van der Waals surface area contributed by atoms with Crippen molar-refractivity contribution in [3.8, 4) is 0 Å². The van der Waals surface area contributed by atoms with Crippen LogP contribution in [0.2, 0.25) is 0 Å². The molecule has 2 aliphatic rings. The van der Waals surface area contributed by atoms with Crippen LogP contribution in [0.5, 0.6) is 0 Å². The first-order valence-corrected chi connectivity index (χ1v) is 9.10. The van der Waals surface area contributed by atoms with Gasteiger partial charge >= 0.3 is 0 Å². The number of non-ortho nitro benzene ring substituents is 1. The maximum Gasteiger partial charge on any atom is 0.269 e. The van der Waals surface area contributed by atoms with Crippen molar-refractivity contribution in [2.45, 2.75) is 44.8 Å². The van der Waals surface area contributed by atoms with E-state index in [9.17, 15) is 10.1 Å². The van der Waals surface area contributed by atoms with E-state index in [1.54, 1.807) is 12.1 Å². The lowest BCUT2D eigenvalue weighted by Crippen LogP contribution is -2.44. The molecule has 0 aromatic heterocycles. The Labute approximate surface area is 148 Å². The molecule has 2 aliphatic heterocycles. The number of nitrogens with zero attached hydrogens (tertiary/aromatic N) is 3. The minimum absolute atomic E-state index is 0.111. The van der Waals surface area contributed by atoms with Gasteiger partial charge in [-0.25, -0.2) is 4.99 Å². The van der Waals surface area contributed by atoms with Crippen molar-refractivity contribution >= 4 is 11.6 Å². The van der Waals surface area contributed by atoms with E-state index >= 15 is 0 Å². The summed E-state index contributed by atoms with van der Waals surface area (Å²) >= 11 is 0. The van der Waals surface area contributed by atoms with Crippen molar-refractivity contribution < 1.29 is 9.66 Å². The third kappa shape index (κ3) is 5.16. The zero-order chi connectivity index (χ0) is 17.5. The lowest BCUT2D eigenvalue weighted by molar-refractivity contribution is -0.384. The van der Waals surface area contributed by atoms with Crippen molar-refractivity contribution in [1.82, 2.24) is 10.2 Å². The highest BCUT2D eigenvalue weighted by Gasteiger charge is 2.19. The van der Waals surface area contributed by atoms with Crippen molar-refractivity contribution in [3.63, 3.8) is 0 Å². The fourth-order valence-electron chi connectivity index (χ4n) is 3.26. The van der Waals surface area contributed by atoms with Gasteiger partial charge in [0.2, 0.25) is 0 Å². The number of nitro benzene ring substituents is 1. The molecule has 7 heteroatoms. The molecule has 1 unspecified atom stereocenters. The van der Waals surface area contributed by atoms with Gasteiger partial charge in [-0.15, -0.1) is 0 Å². The summed E-state index contributed by atoms with van der Waals surface area (Å²) in [5.41, 5.74) is 1.08. The van der Waals surface area contributed by atoms with Crippen molar-refractivity contribution in [1.29, 1.82) is 0 Å². The van der Waals surface area contributed by atoms with Crippen molar-refractivity contribution in [2.75, 3.05) is 26.2 Å². The van der Waals surface area contributed by atoms with Crippen molar-refractivity contribution in [3.05, 3.63) is 39.9 Å². The van der Waals surface area contributed by atoms with Crippen LogP contribution in [0.4, 0.5) is 5.69 Å². The minimum Gasteiger partial charge on any atom is -0.376 e. The quantitative estimate of drug-likeness (QED) is 0.384. The highest BCUT2D eigenvalue weighted by Crippen LogP contribution is 2.15. The summed E-state index contributed by atoms with van der Waals surface area (Å²) in [5, 5.41) is 14.2. The fourth-order valence-corrected chi connectivity index (χ4v) is 3.26. The third-order valence-corrected chi connectivity index (χ3v) is 4.73. The fraction of sp³-hybridized carbons (Fsp3) is 0.611. The van der Waals surface area contributed by atoms with Crippen LogP contribution in [0, 0.1) is 10.1 Å². The highest BCUT2D eigenvalue weighted by atomic mass is 16.6. The molecule has 3 rings (SSSR count). The monoisotopic (exact) mass is 346 g/mol. The largest absolute Gasteiger partial charge is 0.376 e. The minimum atomic E-state index is -0.381. The van der Waals surface area contributed by atoms with Gasteiger partial charge in [0.25, 0.3) is 5.69 Å². The molecule has 0 saturated carbocycles. The van der Waals surface area contributed by atoms with E-state index in [0.717, 1.165) is 50.6 Å². The Hall–Kier alpha value is -2.15. The molecule has 1 atom stereocenters. The third-order valence-electron chi connectivity index (χ3n) is 4.73. The lowest BCUT2D eigenvalue weighted by Gasteiger charge is -2.26. The van der Waals surface area contributed by atoms with E-state index in [1.807, 2.05) is 0 Å². The zero-order valence-corrected chi connectivity index (χ0v) is 14.5. The number of guanidine groups is 1. The van der Waals surface area contributed by atoms with E-state index in [0.29, 0.717) is 6.54 Å². The van der Waals surface area contributed by atoms with Gasteiger partial charge in [0.15, 0.2) is 5.96 Å². The van der Waals surface area contributed by atoms with Crippen LogP contribution < -0.4 is 5.32 Å². The highest BCUT2D eigenvalue weighted by molar-refractivity contribution is 5.80. The Balaban J connectivity index is 1.61. The second-order valence-electron chi connectivity index (χ2n) is 6.63. The van der Waals surface area contributed by atoms with Crippen molar-refractivity contribution in [2.24, 2.45) is 4.99 Å². The van der Waals surface area contributed by atoms with E-state index in [4.69, 9.17) is 9.73 Å². The van der Waals surface area contributed by atoms with Crippen LogP contribution in [0.3, 0.4) is 0 Å². The van der Waals surface area contributed by atoms with Gasteiger partial charge < -0.3 is 15.0 Å². The summed E-state index contributed by atoms with van der Waals surface area (Å²) < 4.78 is 5.79. The standard InChI is InChI=1S/C18H26N4O3/c23-22(24)16-8-6-15(7-9-16)13-19-18(21-10-2-3-11-21)20-14-17-5-1-4-12-25-17/h6-9,17H,1-5,10-14H2,(H,19,20). The zero-order valence-electron chi connectivity index (χ0n) is 14.5. The van der Waals surface area contributed by atoms with Gasteiger partial charge in [-0.2, -0.15) is 0 Å². The van der Waals surface area contributed by atoms with Gasteiger partial charge in [0.1, 0.15) is 0 Å². The molecule has 0 aliphatic carbocycles.